The second kappa shape index (κ2) is 5.90. The summed E-state index contributed by atoms with van der Waals surface area (Å²) in [4.78, 5) is 0. The van der Waals surface area contributed by atoms with Gasteiger partial charge in [0, 0.05) is 10.6 Å². The largest absolute Gasteiger partial charge is 0.487 e. The van der Waals surface area contributed by atoms with Crippen LogP contribution in [0.2, 0.25) is 10.0 Å². The third-order valence-corrected chi connectivity index (χ3v) is 3.66. The first kappa shape index (κ1) is 13.5. The average molecular weight is 305 g/mol. The van der Waals surface area contributed by atoms with E-state index in [-0.39, 0.29) is 0 Å². The number of hydrogen-bond donors (Lipinski definition) is 0. The summed E-state index contributed by atoms with van der Waals surface area (Å²) in [6.07, 6.45) is 4.43. The molecule has 1 aliphatic rings. The van der Waals surface area contributed by atoms with Crippen LogP contribution in [-0.2, 0) is 6.61 Å². The van der Waals surface area contributed by atoms with E-state index < -0.39 is 0 Å². The van der Waals surface area contributed by atoms with Crippen molar-refractivity contribution in [2.75, 3.05) is 0 Å². The van der Waals surface area contributed by atoms with Gasteiger partial charge in [0.25, 0.3) is 0 Å². The second-order valence-electron chi connectivity index (χ2n) is 4.88. The molecular weight excluding hydrogens is 291 g/mol. The molecule has 3 rings (SSSR count). The summed E-state index contributed by atoms with van der Waals surface area (Å²) >= 11 is 12.3. The van der Waals surface area contributed by atoms with E-state index in [2.05, 4.69) is 6.08 Å². The first-order valence-electron chi connectivity index (χ1n) is 6.57. The fourth-order valence-electron chi connectivity index (χ4n) is 2.01. The number of allylic oxidation sites excluding steroid dienone is 1. The van der Waals surface area contributed by atoms with Gasteiger partial charge in [-0.1, -0.05) is 65.2 Å². The Balaban J connectivity index is 1.86. The Morgan fingerprint density at radius 3 is 2.50 bits per heavy atom. The maximum atomic E-state index is 6.27. The summed E-state index contributed by atoms with van der Waals surface area (Å²) in [7, 11) is 0. The van der Waals surface area contributed by atoms with Gasteiger partial charge in [-0.25, -0.2) is 0 Å². The van der Waals surface area contributed by atoms with Crippen LogP contribution in [0.1, 0.15) is 24.0 Å². The highest BCUT2D eigenvalue weighted by Crippen LogP contribution is 2.38. The zero-order chi connectivity index (χ0) is 13.9. The van der Waals surface area contributed by atoms with E-state index in [1.54, 1.807) is 6.07 Å². The Morgan fingerprint density at radius 2 is 1.80 bits per heavy atom. The van der Waals surface area contributed by atoms with Gasteiger partial charge in [-0.3, -0.25) is 0 Å². The summed E-state index contributed by atoms with van der Waals surface area (Å²) in [5.41, 5.74) is 3.49. The molecule has 2 aromatic rings. The molecule has 1 saturated carbocycles. The minimum Gasteiger partial charge on any atom is -0.487 e. The molecule has 0 atom stereocenters. The van der Waals surface area contributed by atoms with Crippen LogP contribution in [0.5, 0.6) is 5.75 Å². The van der Waals surface area contributed by atoms with E-state index in [1.807, 2.05) is 36.4 Å². The van der Waals surface area contributed by atoms with E-state index in [9.17, 15) is 0 Å². The topological polar surface area (TPSA) is 9.23 Å². The van der Waals surface area contributed by atoms with Gasteiger partial charge in [0.1, 0.15) is 12.4 Å². The highest BCUT2D eigenvalue weighted by Gasteiger charge is 2.15. The number of hydrogen-bond acceptors (Lipinski definition) is 1. The van der Waals surface area contributed by atoms with Crippen molar-refractivity contribution in [2.45, 2.75) is 19.4 Å². The van der Waals surface area contributed by atoms with Crippen LogP contribution < -0.4 is 4.74 Å². The van der Waals surface area contributed by atoms with Crippen LogP contribution in [0.25, 0.3) is 6.08 Å². The Labute approximate surface area is 128 Å². The molecule has 0 radical (unpaired) electrons. The second-order valence-corrected chi connectivity index (χ2v) is 5.73. The number of rotatable bonds is 4. The Kier molecular flexibility index (Phi) is 4.00. The smallest absolute Gasteiger partial charge is 0.145 e. The molecule has 1 aliphatic carbocycles. The van der Waals surface area contributed by atoms with Gasteiger partial charge >= 0.3 is 0 Å². The molecule has 1 nitrogen and oxygen atoms in total. The van der Waals surface area contributed by atoms with Crippen LogP contribution in [0.4, 0.5) is 0 Å². The molecule has 0 saturated heterocycles. The van der Waals surface area contributed by atoms with E-state index in [1.165, 1.54) is 5.57 Å². The standard InChI is InChI=1S/C17H14Cl2O/c18-15-9-14(8-12-6-7-12)17(16(19)10-15)20-11-13-4-2-1-3-5-13/h1-5,8-10H,6-7,11H2. The molecule has 102 valence electrons. The minimum atomic E-state index is 0.498. The van der Waals surface area contributed by atoms with Crippen LogP contribution in [0.3, 0.4) is 0 Å². The maximum absolute atomic E-state index is 6.27. The highest BCUT2D eigenvalue weighted by atomic mass is 35.5. The van der Waals surface area contributed by atoms with Crippen molar-refractivity contribution in [3.63, 3.8) is 0 Å². The zero-order valence-electron chi connectivity index (χ0n) is 10.9. The first-order valence-corrected chi connectivity index (χ1v) is 7.33. The van der Waals surface area contributed by atoms with Gasteiger partial charge in [-0.2, -0.15) is 0 Å². The molecule has 3 heteroatoms. The van der Waals surface area contributed by atoms with Crippen LogP contribution in [-0.4, -0.2) is 0 Å². The fourth-order valence-corrected chi connectivity index (χ4v) is 2.57. The Bertz CT molecular complexity index is 642. The normalized spacial score (nSPS) is 13.2. The van der Waals surface area contributed by atoms with E-state index in [4.69, 9.17) is 27.9 Å². The van der Waals surface area contributed by atoms with E-state index >= 15 is 0 Å². The molecule has 0 N–H and O–H groups in total. The van der Waals surface area contributed by atoms with Crippen LogP contribution in [0.15, 0.2) is 48.0 Å². The summed E-state index contributed by atoms with van der Waals surface area (Å²) in [5, 5.41) is 1.19. The molecule has 0 amide bonds. The molecular formula is C17H14Cl2O. The lowest BCUT2D eigenvalue weighted by Gasteiger charge is -2.12. The van der Waals surface area contributed by atoms with Crippen molar-refractivity contribution in [3.05, 3.63) is 69.2 Å². The molecule has 2 aromatic carbocycles. The van der Waals surface area contributed by atoms with Crippen LogP contribution in [0, 0.1) is 0 Å². The Hall–Kier alpha value is -1.44. The van der Waals surface area contributed by atoms with Crippen molar-refractivity contribution in [2.24, 2.45) is 0 Å². The van der Waals surface area contributed by atoms with Crippen molar-refractivity contribution >= 4 is 29.3 Å². The van der Waals surface area contributed by atoms with Gasteiger partial charge in [0.2, 0.25) is 0 Å². The summed E-state index contributed by atoms with van der Waals surface area (Å²) in [6, 6.07) is 13.7. The fraction of sp³-hybridized carbons (Fsp3) is 0.176. The van der Waals surface area contributed by atoms with Crippen molar-refractivity contribution in [3.8, 4) is 5.75 Å². The van der Waals surface area contributed by atoms with Crippen molar-refractivity contribution in [1.82, 2.24) is 0 Å². The number of benzene rings is 2. The molecule has 0 aliphatic heterocycles. The molecule has 0 aromatic heterocycles. The lowest BCUT2D eigenvalue weighted by atomic mass is 10.1. The minimum absolute atomic E-state index is 0.498. The van der Waals surface area contributed by atoms with E-state index in [0.29, 0.717) is 22.4 Å². The molecule has 20 heavy (non-hydrogen) atoms. The number of ether oxygens (including phenoxy) is 1. The quantitative estimate of drug-likeness (QED) is 0.699. The summed E-state index contributed by atoms with van der Waals surface area (Å²) in [5.74, 6) is 0.708. The van der Waals surface area contributed by atoms with Gasteiger partial charge in [-0.05, 0) is 30.5 Å². The van der Waals surface area contributed by atoms with Gasteiger partial charge < -0.3 is 4.74 Å². The zero-order valence-corrected chi connectivity index (χ0v) is 12.4. The lowest BCUT2D eigenvalue weighted by Crippen LogP contribution is -1.97. The number of halogens is 2. The molecule has 0 spiro atoms. The summed E-state index contributed by atoms with van der Waals surface area (Å²) < 4.78 is 5.90. The first-order chi connectivity index (χ1) is 9.72. The molecule has 1 fully saturated rings. The van der Waals surface area contributed by atoms with Crippen LogP contribution >= 0.6 is 23.2 Å². The van der Waals surface area contributed by atoms with Gasteiger partial charge in [-0.15, -0.1) is 0 Å². The third-order valence-electron chi connectivity index (χ3n) is 3.16. The lowest BCUT2D eigenvalue weighted by molar-refractivity contribution is 0.306. The predicted molar refractivity (Wildman–Crippen MR) is 84.4 cm³/mol. The molecule has 0 heterocycles. The van der Waals surface area contributed by atoms with Gasteiger partial charge in [0.05, 0.1) is 5.02 Å². The molecule has 0 unspecified atom stereocenters. The SMILES string of the molecule is Clc1cc(Cl)c(OCc2ccccc2)c(C=C2CC2)c1. The predicted octanol–water partition coefficient (Wildman–Crippen LogP) is 5.75. The highest BCUT2D eigenvalue weighted by molar-refractivity contribution is 6.35. The van der Waals surface area contributed by atoms with Crippen molar-refractivity contribution < 1.29 is 4.74 Å². The summed E-state index contributed by atoms with van der Waals surface area (Å²) in [6.45, 7) is 0.498. The van der Waals surface area contributed by atoms with Gasteiger partial charge in [0.15, 0.2) is 0 Å². The Morgan fingerprint density at radius 1 is 1.05 bits per heavy atom. The average Bonchev–Trinajstić information content (AvgIpc) is 3.23. The van der Waals surface area contributed by atoms with E-state index in [0.717, 1.165) is 24.0 Å². The molecule has 0 bridgehead atoms. The maximum Gasteiger partial charge on any atom is 0.145 e. The third kappa shape index (κ3) is 3.36. The van der Waals surface area contributed by atoms with Crippen molar-refractivity contribution in [1.29, 1.82) is 0 Å². The monoisotopic (exact) mass is 304 g/mol.